The molecule has 38 heavy (non-hydrogen) atoms. The Morgan fingerprint density at radius 1 is 1.11 bits per heavy atom. The number of aryl methyl sites for hydroxylation is 2. The number of ether oxygens (including phenoxy) is 1. The normalized spacial score (nSPS) is 17.2. The summed E-state index contributed by atoms with van der Waals surface area (Å²) in [6, 6.07) is 13.9. The van der Waals surface area contributed by atoms with Crippen LogP contribution in [-0.2, 0) is 17.7 Å². The first-order valence-electron chi connectivity index (χ1n) is 13.4. The van der Waals surface area contributed by atoms with E-state index in [2.05, 4.69) is 24.1 Å². The van der Waals surface area contributed by atoms with Gasteiger partial charge in [0, 0.05) is 56.9 Å². The van der Waals surface area contributed by atoms with Crippen LogP contribution in [0.5, 0.6) is 0 Å². The van der Waals surface area contributed by atoms with Crippen molar-refractivity contribution in [3.63, 3.8) is 0 Å². The number of likely N-dealkylation sites (tertiary alicyclic amines) is 2. The van der Waals surface area contributed by atoms with Gasteiger partial charge in [-0.05, 0) is 62.9 Å². The van der Waals surface area contributed by atoms with Crippen molar-refractivity contribution in [2.24, 2.45) is 0 Å². The van der Waals surface area contributed by atoms with Gasteiger partial charge >= 0.3 is 0 Å². The number of piperidine rings is 1. The zero-order valence-corrected chi connectivity index (χ0v) is 23.1. The fourth-order valence-corrected chi connectivity index (χ4v) is 5.47. The highest BCUT2D eigenvalue weighted by Gasteiger charge is 2.33. The molecular formula is C29H36ClN5O3. The highest BCUT2D eigenvalue weighted by molar-refractivity contribution is 6.30. The number of methoxy groups -OCH3 is 1. The van der Waals surface area contributed by atoms with Crippen molar-refractivity contribution in [2.45, 2.75) is 57.8 Å². The second-order valence-corrected chi connectivity index (χ2v) is 11.0. The maximum absolute atomic E-state index is 13.6. The summed E-state index contributed by atoms with van der Waals surface area (Å²) in [6.45, 7) is 8.02. The molecule has 2 aliphatic rings. The molecule has 2 aliphatic heterocycles. The molecule has 3 heterocycles. The van der Waals surface area contributed by atoms with Crippen LogP contribution in [0.25, 0.3) is 11.0 Å². The number of nitrogens with one attached hydrogen (secondary N) is 1. The highest BCUT2D eigenvalue weighted by atomic mass is 35.5. The number of halogens is 1. The first kappa shape index (κ1) is 26.7. The van der Waals surface area contributed by atoms with E-state index >= 15 is 0 Å². The predicted octanol–water partition coefficient (Wildman–Crippen LogP) is 4.01. The topological polar surface area (TPSA) is 79.7 Å². The molecule has 2 fully saturated rings. The van der Waals surface area contributed by atoms with Crippen molar-refractivity contribution < 1.29 is 14.3 Å². The van der Waals surface area contributed by atoms with Crippen LogP contribution in [0.1, 0.15) is 53.2 Å². The molecule has 0 atom stereocenters. The lowest BCUT2D eigenvalue weighted by Gasteiger charge is -2.38. The van der Waals surface area contributed by atoms with E-state index in [1.807, 2.05) is 41.0 Å². The summed E-state index contributed by atoms with van der Waals surface area (Å²) < 4.78 is 7.29. The zero-order chi connectivity index (χ0) is 26.8. The Kier molecular flexibility index (Phi) is 8.02. The number of rotatable bonds is 8. The number of benzene rings is 2. The fraction of sp³-hybridized carbons (Fsp3) is 0.483. The Balaban J connectivity index is 1.42. The molecular weight excluding hydrogens is 502 g/mol. The van der Waals surface area contributed by atoms with Gasteiger partial charge in [0.15, 0.2) is 5.82 Å². The molecule has 1 aromatic heterocycles. The van der Waals surface area contributed by atoms with E-state index < -0.39 is 0 Å². The van der Waals surface area contributed by atoms with Crippen LogP contribution >= 0.6 is 11.6 Å². The maximum Gasteiger partial charge on any atom is 0.287 e. The number of carbonyl (C=O) groups is 2. The lowest BCUT2D eigenvalue weighted by Crippen LogP contribution is -2.54. The van der Waals surface area contributed by atoms with Crippen LogP contribution in [0, 0.1) is 0 Å². The van der Waals surface area contributed by atoms with E-state index in [0.29, 0.717) is 54.0 Å². The van der Waals surface area contributed by atoms with E-state index in [0.717, 1.165) is 37.0 Å². The third-order valence-electron chi connectivity index (χ3n) is 7.81. The number of imidazole rings is 1. The van der Waals surface area contributed by atoms with Gasteiger partial charge in [-0.25, -0.2) is 4.98 Å². The number of hydrogen-bond donors (Lipinski definition) is 1. The molecule has 9 heteroatoms. The summed E-state index contributed by atoms with van der Waals surface area (Å²) in [5.41, 5.74) is 2.98. The van der Waals surface area contributed by atoms with Crippen LogP contribution in [0.3, 0.4) is 0 Å². The standard InChI is InChI=1S/C29H36ClN5O3/c1-19(2)33-14-12-22(13-15-33)31-28(36)27-32-26-24(29(37)34-17-23(18-34)38-3)5-4-6-25(26)35(27)16-11-20-7-9-21(30)10-8-20/h4-10,19,22-23H,11-18H2,1-3H3,(H,31,36). The molecule has 5 rings (SSSR count). The van der Waals surface area contributed by atoms with Crippen molar-refractivity contribution in [3.05, 3.63) is 64.4 Å². The van der Waals surface area contributed by atoms with Crippen molar-refractivity contribution in [1.82, 2.24) is 24.7 Å². The Bertz CT molecular complexity index is 1290. The largest absolute Gasteiger partial charge is 0.378 e. The second-order valence-electron chi connectivity index (χ2n) is 10.6. The first-order valence-corrected chi connectivity index (χ1v) is 13.8. The minimum atomic E-state index is -0.193. The van der Waals surface area contributed by atoms with Gasteiger partial charge in [-0.3, -0.25) is 9.59 Å². The SMILES string of the molecule is COC1CN(C(=O)c2cccc3c2nc(C(=O)NC2CCN(C(C)C)CC2)n3CCc2ccc(Cl)cc2)C1. The van der Waals surface area contributed by atoms with Crippen molar-refractivity contribution >= 4 is 34.4 Å². The molecule has 0 spiro atoms. The van der Waals surface area contributed by atoms with E-state index in [9.17, 15) is 9.59 Å². The lowest BCUT2D eigenvalue weighted by molar-refractivity contribution is -0.0191. The molecule has 1 N–H and O–H groups in total. The summed E-state index contributed by atoms with van der Waals surface area (Å²) in [5, 5.41) is 3.92. The number of aromatic nitrogens is 2. The molecule has 0 unspecified atom stereocenters. The molecule has 0 bridgehead atoms. The average Bonchev–Trinajstić information content (AvgIpc) is 3.27. The van der Waals surface area contributed by atoms with Crippen LogP contribution in [0.4, 0.5) is 0 Å². The third kappa shape index (κ3) is 5.58. The smallest absolute Gasteiger partial charge is 0.287 e. The Morgan fingerprint density at radius 2 is 1.82 bits per heavy atom. The summed E-state index contributed by atoms with van der Waals surface area (Å²) >= 11 is 6.07. The molecule has 2 aromatic carbocycles. The van der Waals surface area contributed by atoms with Gasteiger partial charge in [-0.1, -0.05) is 29.8 Å². The highest BCUT2D eigenvalue weighted by Crippen LogP contribution is 2.25. The quantitative estimate of drug-likeness (QED) is 0.470. The molecule has 0 saturated carbocycles. The van der Waals surface area contributed by atoms with Crippen molar-refractivity contribution in [2.75, 3.05) is 33.3 Å². The van der Waals surface area contributed by atoms with Gasteiger partial charge < -0.3 is 24.4 Å². The van der Waals surface area contributed by atoms with Gasteiger partial charge in [0.25, 0.3) is 11.8 Å². The molecule has 0 radical (unpaired) electrons. The number of amides is 2. The molecule has 3 aromatic rings. The number of nitrogens with zero attached hydrogens (tertiary/aromatic N) is 4. The lowest BCUT2D eigenvalue weighted by atomic mass is 10.0. The molecule has 202 valence electrons. The third-order valence-corrected chi connectivity index (χ3v) is 8.07. The monoisotopic (exact) mass is 537 g/mol. The van der Waals surface area contributed by atoms with Gasteiger partial charge in [0.2, 0.25) is 0 Å². The van der Waals surface area contributed by atoms with Gasteiger partial charge in [-0.2, -0.15) is 0 Å². The number of hydrogen-bond acceptors (Lipinski definition) is 5. The molecule has 0 aliphatic carbocycles. The summed E-state index contributed by atoms with van der Waals surface area (Å²) in [4.78, 5) is 35.9. The molecule has 2 saturated heterocycles. The zero-order valence-electron chi connectivity index (χ0n) is 22.3. The maximum atomic E-state index is 13.6. The van der Waals surface area contributed by atoms with Crippen LogP contribution < -0.4 is 5.32 Å². The van der Waals surface area contributed by atoms with Crippen LogP contribution in [-0.4, -0.2) is 82.6 Å². The number of fused-ring (bicyclic) bond motifs is 1. The van der Waals surface area contributed by atoms with E-state index in [4.69, 9.17) is 21.3 Å². The summed E-state index contributed by atoms with van der Waals surface area (Å²) in [5.74, 6) is 0.0697. The summed E-state index contributed by atoms with van der Waals surface area (Å²) in [7, 11) is 1.66. The van der Waals surface area contributed by atoms with Gasteiger partial charge in [0.05, 0.1) is 17.2 Å². The van der Waals surface area contributed by atoms with E-state index in [-0.39, 0.29) is 24.0 Å². The number of para-hydroxylation sites is 1. The van der Waals surface area contributed by atoms with Crippen LogP contribution in [0.2, 0.25) is 5.02 Å². The fourth-order valence-electron chi connectivity index (χ4n) is 5.34. The minimum Gasteiger partial charge on any atom is -0.378 e. The first-order chi connectivity index (χ1) is 18.3. The Labute approximate surface area is 228 Å². The van der Waals surface area contributed by atoms with Crippen molar-refractivity contribution in [3.8, 4) is 0 Å². The Morgan fingerprint density at radius 3 is 2.47 bits per heavy atom. The Hall–Kier alpha value is -2.94. The minimum absolute atomic E-state index is 0.0681. The van der Waals surface area contributed by atoms with E-state index in [1.165, 1.54) is 0 Å². The molecule has 2 amide bonds. The summed E-state index contributed by atoms with van der Waals surface area (Å²) in [6.07, 6.45) is 2.59. The van der Waals surface area contributed by atoms with Gasteiger partial charge in [0.1, 0.15) is 5.52 Å². The second kappa shape index (κ2) is 11.4. The van der Waals surface area contributed by atoms with Crippen molar-refractivity contribution in [1.29, 1.82) is 0 Å². The predicted molar refractivity (Wildman–Crippen MR) is 149 cm³/mol. The molecule has 8 nitrogen and oxygen atoms in total. The number of carbonyl (C=O) groups excluding carboxylic acids is 2. The van der Waals surface area contributed by atoms with Crippen LogP contribution in [0.15, 0.2) is 42.5 Å². The van der Waals surface area contributed by atoms with E-state index in [1.54, 1.807) is 18.1 Å². The average molecular weight is 538 g/mol. The van der Waals surface area contributed by atoms with Gasteiger partial charge in [-0.15, -0.1) is 0 Å².